The van der Waals surface area contributed by atoms with Crippen molar-refractivity contribution < 1.29 is 9.53 Å². The normalized spacial score (nSPS) is 11.0. The van der Waals surface area contributed by atoms with Crippen LogP contribution in [-0.4, -0.2) is 22.8 Å². The van der Waals surface area contributed by atoms with Gasteiger partial charge in [-0.15, -0.1) is 11.3 Å². The lowest BCUT2D eigenvalue weighted by Gasteiger charge is -2.05. The molecule has 0 radical (unpaired) electrons. The number of nitrogens with zero attached hydrogens (tertiary/aromatic N) is 2. The predicted molar refractivity (Wildman–Crippen MR) is 114 cm³/mol. The van der Waals surface area contributed by atoms with Crippen LogP contribution in [0.4, 0.5) is 5.69 Å². The number of fused-ring (bicyclic) bond motifs is 1. The first-order valence-corrected chi connectivity index (χ1v) is 9.92. The van der Waals surface area contributed by atoms with Gasteiger partial charge in [-0.2, -0.15) is 5.10 Å². The number of carbonyl (C=O) groups is 1. The molecule has 0 spiro atoms. The SMILES string of the molecule is CCc1cccc(NC(=O)c2cc3c(-c4cccc(OC)c4)nn(C)c3s2)c1. The number of hydrogen-bond donors (Lipinski definition) is 1. The summed E-state index contributed by atoms with van der Waals surface area (Å²) < 4.78 is 7.15. The fraction of sp³-hybridized carbons (Fsp3) is 0.182. The number of thiophene rings is 1. The van der Waals surface area contributed by atoms with Crippen molar-refractivity contribution in [1.29, 1.82) is 0 Å². The van der Waals surface area contributed by atoms with Crippen LogP contribution in [0.3, 0.4) is 0 Å². The molecule has 1 N–H and O–H groups in total. The van der Waals surface area contributed by atoms with E-state index < -0.39 is 0 Å². The standard InChI is InChI=1S/C22H21N3O2S/c1-4-14-7-5-9-16(11-14)23-21(26)19-13-18-20(24-25(2)22(18)28-19)15-8-6-10-17(12-15)27-3/h5-13H,4H2,1-3H3,(H,23,26). The molecule has 1 amide bonds. The number of methoxy groups -OCH3 is 1. The van der Waals surface area contributed by atoms with Gasteiger partial charge >= 0.3 is 0 Å². The van der Waals surface area contributed by atoms with Crippen molar-refractivity contribution >= 4 is 33.1 Å². The number of carbonyl (C=O) groups excluding carboxylic acids is 1. The quantitative estimate of drug-likeness (QED) is 0.513. The van der Waals surface area contributed by atoms with E-state index in [9.17, 15) is 4.79 Å². The second-order valence-corrected chi connectivity index (χ2v) is 7.57. The van der Waals surface area contributed by atoms with E-state index in [0.29, 0.717) is 4.88 Å². The maximum Gasteiger partial charge on any atom is 0.265 e. The summed E-state index contributed by atoms with van der Waals surface area (Å²) in [6.07, 6.45) is 0.933. The van der Waals surface area contributed by atoms with Gasteiger partial charge in [-0.25, -0.2) is 0 Å². The Morgan fingerprint density at radius 3 is 2.79 bits per heavy atom. The molecule has 0 atom stereocenters. The summed E-state index contributed by atoms with van der Waals surface area (Å²) >= 11 is 1.44. The van der Waals surface area contributed by atoms with Crippen LogP contribution in [0, 0.1) is 0 Å². The number of benzene rings is 2. The lowest BCUT2D eigenvalue weighted by atomic mass is 10.1. The molecule has 6 heteroatoms. The summed E-state index contributed by atoms with van der Waals surface area (Å²) in [5, 5.41) is 8.61. The van der Waals surface area contributed by atoms with Crippen LogP contribution in [-0.2, 0) is 13.5 Å². The number of nitrogens with one attached hydrogen (secondary N) is 1. The Morgan fingerprint density at radius 1 is 1.18 bits per heavy atom. The molecule has 0 fully saturated rings. The Morgan fingerprint density at radius 2 is 2.00 bits per heavy atom. The summed E-state index contributed by atoms with van der Waals surface area (Å²) in [6.45, 7) is 2.10. The van der Waals surface area contributed by atoms with Gasteiger partial charge in [0.05, 0.1) is 12.0 Å². The molecule has 142 valence electrons. The number of hydrogen-bond acceptors (Lipinski definition) is 4. The summed E-state index contributed by atoms with van der Waals surface area (Å²) in [4.78, 5) is 14.4. The largest absolute Gasteiger partial charge is 0.497 e. The number of ether oxygens (including phenoxy) is 1. The first kappa shape index (κ1) is 18.3. The molecule has 0 aliphatic heterocycles. The topological polar surface area (TPSA) is 56.1 Å². The molecule has 0 unspecified atom stereocenters. The lowest BCUT2D eigenvalue weighted by molar-refractivity contribution is 0.103. The number of aryl methyl sites for hydroxylation is 2. The highest BCUT2D eigenvalue weighted by molar-refractivity contribution is 7.20. The zero-order valence-electron chi connectivity index (χ0n) is 16.0. The molecule has 4 rings (SSSR count). The Hall–Kier alpha value is -3.12. The Labute approximate surface area is 167 Å². The number of rotatable bonds is 5. The number of amides is 1. The first-order valence-electron chi connectivity index (χ1n) is 9.10. The van der Waals surface area contributed by atoms with Crippen LogP contribution in [0.25, 0.3) is 21.5 Å². The van der Waals surface area contributed by atoms with E-state index in [1.54, 1.807) is 7.11 Å². The summed E-state index contributed by atoms with van der Waals surface area (Å²) in [5.74, 6) is 0.673. The third-order valence-corrected chi connectivity index (χ3v) is 5.87. The van der Waals surface area contributed by atoms with E-state index in [-0.39, 0.29) is 5.91 Å². The molecule has 2 aromatic carbocycles. The molecule has 5 nitrogen and oxygen atoms in total. The molecule has 4 aromatic rings. The van der Waals surface area contributed by atoms with E-state index in [2.05, 4.69) is 23.4 Å². The average Bonchev–Trinajstić information content (AvgIpc) is 3.29. The van der Waals surface area contributed by atoms with Crippen LogP contribution in [0.5, 0.6) is 5.75 Å². The first-order chi connectivity index (χ1) is 13.6. The molecule has 0 aliphatic rings. The molecule has 28 heavy (non-hydrogen) atoms. The van der Waals surface area contributed by atoms with Gasteiger partial charge in [0.2, 0.25) is 0 Å². The summed E-state index contributed by atoms with van der Waals surface area (Å²) in [6, 6.07) is 17.7. The highest BCUT2D eigenvalue weighted by atomic mass is 32.1. The van der Waals surface area contributed by atoms with Gasteiger partial charge in [-0.05, 0) is 42.3 Å². The van der Waals surface area contributed by atoms with E-state index >= 15 is 0 Å². The molecular formula is C22H21N3O2S. The van der Waals surface area contributed by atoms with Crippen molar-refractivity contribution in [3.63, 3.8) is 0 Å². The molecule has 0 saturated carbocycles. The third kappa shape index (κ3) is 3.39. The highest BCUT2D eigenvalue weighted by Crippen LogP contribution is 2.35. The van der Waals surface area contributed by atoms with Crippen molar-refractivity contribution in [1.82, 2.24) is 9.78 Å². The van der Waals surface area contributed by atoms with Gasteiger partial charge in [0, 0.05) is 23.7 Å². The van der Waals surface area contributed by atoms with Gasteiger partial charge in [0.15, 0.2) is 0 Å². The van der Waals surface area contributed by atoms with Crippen LogP contribution in [0.1, 0.15) is 22.2 Å². The zero-order valence-corrected chi connectivity index (χ0v) is 16.8. The van der Waals surface area contributed by atoms with Gasteiger partial charge < -0.3 is 10.1 Å². The monoisotopic (exact) mass is 391 g/mol. The molecule has 2 heterocycles. The number of aromatic nitrogens is 2. The minimum Gasteiger partial charge on any atom is -0.497 e. The fourth-order valence-electron chi connectivity index (χ4n) is 3.20. The molecule has 0 bridgehead atoms. The van der Waals surface area contributed by atoms with Crippen LogP contribution < -0.4 is 10.1 Å². The molecular weight excluding hydrogens is 370 g/mol. The van der Waals surface area contributed by atoms with Crippen molar-refractivity contribution in [2.24, 2.45) is 7.05 Å². The van der Waals surface area contributed by atoms with Crippen molar-refractivity contribution in [3.05, 3.63) is 65.0 Å². The Bertz CT molecular complexity index is 1160. The Balaban J connectivity index is 1.68. The van der Waals surface area contributed by atoms with Crippen molar-refractivity contribution in [2.45, 2.75) is 13.3 Å². The van der Waals surface area contributed by atoms with Gasteiger partial charge in [0.1, 0.15) is 16.3 Å². The summed E-state index contributed by atoms with van der Waals surface area (Å²) in [7, 11) is 3.54. The fourth-order valence-corrected chi connectivity index (χ4v) is 4.17. The van der Waals surface area contributed by atoms with Gasteiger partial charge in [-0.1, -0.05) is 31.2 Å². The average molecular weight is 391 g/mol. The second kappa shape index (κ2) is 7.48. The van der Waals surface area contributed by atoms with Gasteiger partial charge in [0.25, 0.3) is 5.91 Å². The van der Waals surface area contributed by atoms with Crippen LogP contribution in [0.2, 0.25) is 0 Å². The van der Waals surface area contributed by atoms with Crippen molar-refractivity contribution in [2.75, 3.05) is 12.4 Å². The third-order valence-electron chi connectivity index (χ3n) is 4.67. The van der Waals surface area contributed by atoms with Gasteiger partial charge in [-0.3, -0.25) is 9.48 Å². The summed E-state index contributed by atoms with van der Waals surface area (Å²) in [5.41, 5.74) is 3.82. The minimum absolute atomic E-state index is 0.106. The minimum atomic E-state index is -0.106. The van der Waals surface area contributed by atoms with Crippen molar-refractivity contribution in [3.8, 4) is 17.0 Å². The molecule has 0 saturated heterocycles. The zero-order chi connectivity index (χ0) is 19.7. The van der Waals surface area contributed by atoms with Crippen LogP contribution >= 0.6 is 11.3 Å². The van der Waals surface area contributed by atoms with E-state index in [0.717, 1.165) is 39.3 Å². The van der Waals surface area contributed by atoms with Crippen LogP contribution in [0.15, 0.2) is 54.6 Å². The highest BCUT2D eigenvalue weighted by Gasteiger charge is 2.18. The maximum atomic E-state index is 12.8. The molecule has 0 aliphatic carbocycles. The van der Waals surface area contributed by atoms with E-state index in [4.69, 9.17) is 4.74 Å². The lowest BCUT2D eigenvalue weighted by Crippen LogP contribution is -2.10. The Kier molecular flexibility index (Phi) is 4.88. The van der Waals surface area contributed by atoms with E-state index in [1.165, 1.54) is 16.9 Å². The maximum absolute atomic E-state index is 12.8. The van der Waals surface area contributed by atoms with E-state index in [1.807, 2.05) is 60.3 Å². The number of anilines is 1. The molecule has 2 aromatic heterocycles. The smallest absolute Gasteiger partial charge is 0.265 e. The second-order valence-electron chi connectivity index (χ2n) is 6.54. The predicted octanol–water partition coefficient (Wildman–Crippen LogP) is 5.13.